The van der Waals surface area contributed by atoms with Gasteiger partial charge in [-0.15, -0.1) is 0 Å². The average Bonchev–Trinajstić information content (AvgIpc) is 3.01. The predicted molar refractivity (Wildman–Crippen MR) is 90.8 cm³/mol. The van der Waals surface area contributed by atoms with Crippen molar-refractivity contribution >= 4 is 12.0 Å². The molecule has 0 radical (unpaired) electrons. The Labute approximate surface area is 143 Å². The van der Waals surface area contributed by atoms with Crippen LogP contribution < -0.4 is 10.1 Å². The molecule has 0 bridgehead atoms. The van der Waals surface area contributed by atoms with Crippen LogP contribution in [0, 0.1) is 0 Å². The summed E-state index contributed by atoms with van der Waals surface area (Å²) < 4.78 is 10.5. The summed E-state index contributed by atoms with van der Waals surface area (Å²) in [5.74, 6) is 0.631. The molecule has 1 aromatic carbocycles. The number of hydrogen-bond acceptors (Lipinski definition) is 4. The van der Waals surface area contributed by atoms with E-state index in [9.17, 15) is 9.59 Å². The molecule has 24 heavy (non-hydrogen) atoms. The van der Waals surface area contributed by atoms with E-state index >= 15 is 0 Å². The van der Waals surface area contributed by atoms with Crippen LogP contribution >= 0.6 is 0 Å². The third kappa shape index (κ3) is 4.88. The van der Waals surface area contributed by atoms with Crippen molar-refractivity contribution in [2.45, 2.75) is 51.8 Å². The highest BCUT2D eigenvalue weighted by Crippen LogP contribution is 2.21. The summed E-state index contributed by atoms with van der Waals surface area (Å²) in [5.41, 5.74) is 0.412. The number of ether oxygens (including phenoxy) is 2. The van der Waals surface area contributed by atoms with Gasteiger partial charge in [-0.25, -0.2) is 4.79 Å². The Hall–Kier alpha value is -2.24. The number of carbonyl (C=O) groups is 2. The first-order chi connectivity index (χ1) is 11.3. The van der Waals surface area contributed by atoms with E-state index in [1.807, 2.05) is 45.0 Å². The molecule has 2 amide bonds. The van der Waals surface area contributed by atoms with Gasteiger partial charge in [0.2, 0.25) is 5.91 Å². The summed E-state index contributed by atoms with van der Waals surface area (Å²) in [6, 6.07) is 7.05. The molecule has 1 aliphatic heterocycles. The number of likely N-dealkylation sites (tertiary alicyclic amines) is 1. The first-order valence-electron chi connectivity index (χ1n) is 8.20. The lowest BCUT2D eigenvalue weighted by atomic mass is 10.2. The lowest BCUT2D eigenvalue weighted by molar-refractivity contribution is -0.125. The molecule has 6 nitrogen and oxygen atoms in total. The molecule has 1 atom stereocenters. The molecule has 2 rings (SSSR count). The van der Waals surface area contributed by atoms with Crippen molar-refractivity contribution in [2.75, 3.05) is 13.7 Å². The van der Waals surface area contributed by atoms with E-state index in [4.69, 9.17) is 9.47 Å². The lowest BCUT2D eigenvalue weighted by Crippen LogP contribution is -2.47. The first kappa shape index (κ1) is 18.1. The Morgan fingerprint density at radius 1 is 1.25 bits per heavy atom. The maximum Gasteiger partial charge on any atom is 0.410 e. The van der Waals surface area contributed by atoms with Crippen LogP contribution in [0.15, 0.2) is 24.3 Å². The van der Waals surface area contributed by atoms with Crippen molar-refractivity contribution in [3.05, 3.63) is 29.8 Å². The largest absolute Gasteiger partial charge is 0.497 e. The molecule has 0 spiro atoms. The third-order valence-corrected chi connectivity index (χ3v) is 3.81. The zero-order chi connectivity index (χ0) is 17.7. The number of hydrogen-bond donors (Lipinski definition) is 1. The van der Waals surface area contributed by atoms with Crippen LogP contribution in [0.25, 0.3) is 0 Å². The maximum atomic E-state index is 12.4. The van der Waals surface area contributed by atoms with E-state index in [0.29, 0.717) is 19.5 Å². The molecule has 1 heterocycles. The number of nitrogens with zero attached hydrogens (tertiary/aromatic N) is 1. The van der Waals surface area contributed by atoms with Gasteiger partial charge in [0.25, 0.3) is 0 Å². The van der Waals surface area contributed by atoms with Gasteiger partial charge in [-0.2, -0.15) is 0 Å². The molecular formula is C18H26N2O4. The van der Waals surface area contributed by atoms with Crippen LogP contribution in [-0.4, -0.2) is 42.2 Å². The lowest BCUT2D eigenvalue weighted by Gasteiger charge is -2.28. The number of rotatable bonds is 4. The van der Waals surface area contributed by atoms with Gasteiger partial charge in [0.1, 0.15) is 17.4 Å². The highest BCUT2D eigenvalue weighted by Gasteiger charge is 2.36. The molecule has 1 aromatic rings. The smallest absolute Gasteiger partial charge is 0.410 e. The van der Waals surface area contributed by atoms with Gasteiger partial charge < -0.3 is 14.8 Å². The fourth-order valence-corrected chi connectivity index (χ4v) is 2.63. The van der Waals surface area contributed by atoms with Gasteiger partial charge in [-0.1, -0.05) is 12.1 Å². The highest BCUT2D eigenvalue weighted by atomic mass is 16.6. The molecular weight excluding hydrogens is 308 g/mol. The van der Waals surface area contributed by atoms with E-state index in [-0.39, 0.29) is 5.91 Å². The number of nitrogens with one attached hydrogen (secondary N) is 1. The molecule has 1 fully saturated rings. The average molecular weight is 334 g/mol. The summed E-state index contributed by atoms with van der Waals surface area (Å²) in [7, 11) is 1.61. The Bertz CT molecular complexity index is 578. The summed E-state index contributed by atoms with van der Waals surface area (Å²) in [6.45, 7) is 6.43. The predicted octanol–water partition coefficient (Wildman–Crippen LogP) is 2.71. The number of carbonyl (C=O) groups excluding carboxylic acids is 2. The van der Waals surface area contributed by atoms with E-state index in [1.165, 1.54) is 4.90 Å². The summed E-state index contributed by atoms with van der Waals surface area (Å²) in [6.07, 6.45) is 1.04. The number of amides is 2. The minimum absolute atomic E-state index is 0.144. The molecule has 132 valence electrons. The summed E-state index contributed by atoms with van der Waals surface area (Å²) >= 11 is 0. The van der Waals surface area contributed by atoms with Gasteiger partial charge in [0, 0.05) is 13.1 Å². The van der Waals surface area contributed by atoms with Crippen molar-refractivity contribution < 1.29 is 19.1 Å². The third-order valence-electron chi connectivity index (χ3n) is 3.81. The van der Waals surface area contributed by atoms with E-state index in [1.54, 1.807) is 7.11 Å². The van der Waals surface area contributed by atoms with Gasteiger partial charge in [0.15, 0.2) is 0 Å². The van der Waals surface area contributed by atoms with Crippen LogP contribution in [0.2, 0.25) is 0 Å². The molecule has 0 aromatic heterocycles. The minimum atomic E-state index is -0.566. The number of benzene rings is 1. The Morgan fingerprint density at radius 2 is 1.92 bits per heavy atom. The quantitative estimate of drug-likeness (QED) is 0.919. The molecule has 1 aliphatic rings. The second-order valence-corrected chi connectivity index (χ2v) is 6.90. The van der Waals surface area contributed by atoms with Crippen LogP contribution in [0.4, 0.5) is 4.79 Å². The van der Waals surface area contributed by atoms with Crippen LogP contribution in [0.5, 0.6) is 5.75 Å². The fraction of sp³-hybridized carbons (Fsp3) is 0.556. The van der Waals surface area contributed by atoms with Crippen molar-refractivity contribution in [3.63, 3.8) is 0 Å². The second-order valence-electron chi connectivity index (χ2n) is 6.90. The van der Waals surface area contributed by atoms with Gasteiger partial charge >= 0.3 is 6.09 Å². The maximum absolute atomic E-state index is 12.4. The molecule has 0 aliphatic carbocycles. The zero-order valence-electron chi connectivity index (χ0n) is 14.8. The van der Waals surface area contributed by atoms with Gasteiger partial charge in [-0.3, -0.25) is 9.69 Å². The highest BCUT2D eigenvalue weighted by molar-refractivity contribution is 5.86. The molecule has 0 unspecified atom stereocenters. The van der Waals surface area contributed by atoms with Crippen molar-refractivity contribution in [1.82, 2.24) is 10.2 Å². The first-order valence-corrected chi connectivity index (χ1v) is 8.20. The Morgan fingerprint density at radius 3 is 2.50 bits per heavy atom. The normalized spacial score (nSPS) is 17.5. The molecule has 0 saturated carbocycles. The monoisotopic (exact) mass is 334 g/mol. The van der Waals surface area contributed by atoms with Crippen LogP contribution in [0.1, 0.15) is 39.2 Å². The SMILES string of the molecule is COc1ccc(CNC(=O)[C@@H]2CCCN2C(=O)OC(C)(C)C)cc1. The Kier molecular flexibility index (Phi) is 5.70. The van der Waals surface area contributed by atoms with Crippen LogP contribution in [-0.2, 0) is 16.1 Å². The van der Waals surface area contributed by atoms with E-state index < -0.39 is 17.7 Å². The van der Waals surface area contributed by atoms with Crippen molar-refractivity contribution in [1.29, 1.82) is 0 Å². The summed E-state index contributed by atoms with van der Waals surface area (Å²) in [5, 5.41) is 2.90. The molecule has 1 saturated heterocycles. The number of methoxy groups -OCH3 is 1. The minimum Gasteiger partial charge on any atom is -0.497 e. The van der Waals surface area contributed by atoms with E-state index in [2.05, 4.69) is 5.32 Å². The van der Waals surface area contributed by atoms with Crippen molar-refractivity contribution in [3.8, 4) is 5.75 Å². The van der Waals surface area contributed by atoms with Gasteiger partial charge in [-0.05, 0) is 51.3 Å². The topological polar surface area (TPSA) is 67.9 Å². The van der Waals surface area contributed by atoms with Gasteiger partial charge in [0.05, 0.1) is 7.11 Å². The van der Waals surface area contributed by atoms with Crippen LogP contribution in [0.3, 0.4) is 0 Å². The molecule has 1 N–H and O–H groups in total. The second kappa shape index (κ2) is 7.55. The molecule has 6 heteroatoms. The Balaban J connectivity index is 1.91. The summed E-state index contributed by atoms with van der Waals surface area (Å²) in [4.78, 5) is 26.2. The fourth-order valence-electron chi connectivity index (χ4n) is 2.63. The van der Waals surface area contributed by atoms with E-state index in [0.717, 1.165) is 17.7 Å². The van der Waals surface area contributed by atoms with Crippen molar-refractivity contribution in [2.24, 2.45) is 0 Å². The standard InChI is InChI=1S/C18H26N2O4/c1-18(2,3)24-17(22)20-11-5-6-15(20)16(21)19-12-13-7-9-14(23-4)10-8-13/h7-10,15H,5-6,11-12H2,1-4H3,(H,19,21)/t15-/m0/s1. The zero-order valence-corrected chi connectivity index (χ0v) is 14.8.